The van der Waals surface area contributed by atoms with Crippen LogP contribution in [0.5, 0.6) is 5.75 Å². The van der Waals surface area contributed by atoms with Crippen molar-refractivity contribution >= 4 is 5.69 Å². The highest BCUT2D eigenvalue weighted by atomic mass is 16.6. The Morgan fingerprint density at radius 1 is 1.50 bits per heavy atom. The first-order chi connectivity index (χ1) is 9.54. The van der Waals surface area contributed by atoms with Crippen LogP contribution in [-0.4, -0.2) is 34.9 Å². The summed E-state index contributed by atoms with van der Waals surface area (Å²) in [6.07, 6.45) is 0.221. The van der Waals surface area contributed by atoms with Gasteiger partial charge in [-0.2, -0.15) is 0 Å². The van der Waals surface area contributed by atoms with E-state index >= 15 is 0 Å². The number of hydrogen-bond acceptors (Lipinski definition) is 5. The van der Waals surface area contributed by atoms with E-state index in [0.29, 0.717) is 24.3 Å². The molecule has 0 amide bonds. The molecule has 1 saturated carbocycles. The van der Waals surface area contributed by atoms with Gasteiger partial charge in [-0.25, -0.2) is 0 Å². The molecule has 1 aromatic carbocycles. The molecule has 0 bridgehead atoms. The lowest BCUT2D eigenvalue weighted by Gasteiger charge is -2.41. The lowest BCUT2D eigenvalue weighted by atomic mass is 9.88. The van der Waals surface area contributed by atoms with E-state index in [4.69, 9.17) is 9.47 Å². The predicted molar refractivity (Wildman–Crippen MR) is 72.9 cm³/mol. The summed E-state index contributed by atoms with van der Waals surface area (Å²) in [7, 11) is 0. The van der Waals surface area contributed by atoms with Crippen LogP contribution in [-0.2, 0) is 4.74 Å². The van der Waals surface area contributed by atoms with Crippen molar-refractivity contribution in [1.29, 1.82) is 0 Å². The Hall–Kier alpha value is -1.66. The number of aliphatic hydroxyl groups excluding tert-OH is 1. The Labute approximate surface area is 117 Å². The molecule has 0 radical (unpaired) electrons. The third kappa shape index (κ3) is 2.91. The zero-order valence-corrected chi connectivity index (χ0v) is 11.6. The number of benzene rings is 1. The van der Waals surface area contributed by atoms with Gasteiger partial charge in [0.2, 0.25) is 0 Å². The maximum atomic E-state index is 10.9. The molecule has 0 heterocycles. The second-order valence-electron chi connectivity index (χ2n) is 4.95. The van der Waals surface area contributed by atoms with Crippen LogP contribution in [0.2, 0.25) is 0 Å². The van der Waals surface area contributed by atoms with E-state index in [1.54, 1.807) is 19.1 Å². The van der Waals surface area contributed by atoms with Crippen molar-refractivity contribution in [2.75, 3.05) is 6.61 Å². The van der Waals surface area contributed by atoms with Gasteiger partial charge in [0.15, 0.2) is 0 Å². The van der Waals surface area contributed by atoms with Crippen LogP contribution in [0.3, 0.4) is 0 Å². The minimum Gasteiger partial charge on any atom is -0.487 e. The molecule has 1 N–H and O–H groups in total. The standard InChI is InChI=1S/C14H19NO5/c1-3-7-19-14-11(16)8-13(14)20-12-6-4-5-10(9(12)2)15(17)18/h4-6,11,13-14,16H,3,7-8H2,1-2H3. The fourth-order valence-electron chi connectivity index (χ4n) is 2.24. The Balaban J connectivity index is 2.07. The zero-order chi connectivity index (χ0) is 14.7. The van der Waals surface area contributed by atoms with Gasteiger partial charge in [-0.05, 0) is 19.4 Å². The smallest absolute Gasteiger partial charge is 0.276 e. The van der Waals surface area contributed by atoms with Crippen LogP contribution >= 0.6 is 0 Å². The highest BCUT2D eigenvalue weighted by Crippen LogP contribution is 2.33. The summed E-state index contributed by atoms with van der Waals surface area (Å²) in [6.45, 7) is 4.21. The Bertz CT molecular complexity index is 490. The van der Waals surface area contributed by atoms with Crippen molar-refractivity contribution in [2.24, 2.45) is 0 Å². The Morgan fingerprint density at radius 3 is 2.85 bits per heavy atom. The van der Waals surface area contributed by atoms with E-state index in [2.05, 4.69) is 0 Å². The van der Waals surface area contributed by atoms with Crippen molar-refractivity contribution in [3.05, 3.63) is 33.9 Å². The quantitative estimate of drug-likeness (QED) is 0.638. The minimum absolute atomic E-state index is 0.0356. The van der Waals surface area contributed by atoms with Gasteiger partial charge >= 0.3 is 0 Å². The fraction of sp³-hybridized carbons (Fsp3) is 0.571. The zero-order valence-electron chi connectivity index (χ0n) is 11.6. The van der Waals surface area contributed by atoms with Crippen molar-refractivity contribution in [3.63, 3.8) is 0 Å². The molecule has 1 aliphatic rings. The summed E-state index contributed by atoms with van der Waals surface area (Å²) >= 11 is 0. The summed E-state index contributed by atoms with van der Waals surface area (Å²) in [5, 5.41) is 20.6. The van der Waals surface area contributed by atoms with Gasteiger partial charge in [0.25, 0.3) is 5.69 Å². The van der Waals surface area contributed by atoms with E-state index in [1.807, 2.05) is 6.92 Å². The van der Waals surface area contributed by atoms with Crippen LogP contribution in [0.1, 0.15) is 25.3 Å². The van der Waals surface area contributed by atoms with Gasteiger partial charge in [-0.3, -0.25) is 10.1 Å². The molecule has 6 heteroatoms. The largest absolute Gasteiger partial charge is 0.487 e. The van der Waals surface area contributed by atoms with Gasteiger partial charge in [-0.1, -0.05) is 13.0 Å². The summed E-state index contributed by atoms with van der Waals surface area (Å²) in [5.74, 6) is 0.473. The van der Waals surface area contributed by atoms with Crippen LogP contribution < -0.4 is 4.74 Å². The number of ether oxygens (including phenoxy) is 2. The summed E-state index contributed by atoms with van der Waals surface area (Å²) in [5.41, 5.74) is 0.529. The number of nitrogens with zero attached hydrogens (tertiary/aromatic N) is 1. The third-order valence-corrected chi connectivity index (χ3v) is 3.46. The maximum Gasteiger partial charge on any atom is 0.276 e. The number of hydrogen-bond donors (Lipinski definition) is 1. The van der Waals surface area contributed by atoms with E-state index in [9.17, 15) is 15.2 Å². The van der Waals surface area contributed by atoms with E-state index in [1.165, 1.54) is 6.07 Å². The van der Waals surface area contributed by atoms with Gasteiger partial charge in [0.1, 0.15) is 18.0 Å². The van der Waals surface area contributed by atoms with Gasteiger partial charge in [-0.15, -0.1) is 0 Å². The molecule has 1 fully saturated rings. The number of aliphatic hydroxyl groups is 1. The second-order valence-corrected chi connectivity index (χ2v) is 4.95. The van der Waals surface area contributed by atoms with Crippen molar-refractivity contribution in [1.82, 2.24) is 0 Å². The number of nitro groups is 1. The van der Waals surface area contributed by atoms with E-state index in [0.717, 1.165) is 6.42 Å². The van der Waals surface area contributed by atoms with Crippen molar-refractivity contribution in [3.8, 4) is 5.75 Å². The van der Waals surface area contributed by atoms with Crippen LogP contribution in [0.25, 0.3) is 0 Å². The summed E-state index contributed by atoms with van der Waals surface area (Å²) in [4.78, 5) is 10.5. The maximum absolute atomic E-state index is 10.9. The lowest BCUT2D eigenvalue weighted by molar-refractivity contribution is -0.385. The first-order valence-electron chi connectivity index (χ1n) is 6.75. The van der Waals surface area contributed by atoms with Gasteiger partial charge in [0.05, 0.1) is 16.6 Å². The first-order valence-corrected chi connectivity index (χ1v) is 6.75. The molecule has 1 aromatic rings. The number of rotatable bonds is 6. The Morgan fingerprint density at radius 2 is 2.25 bits per heavy atom. The second kappa shape index (κ2) is 6.19. The molecular formula is C14H19NO5. The first kappa shape index (κ1) is 14.7. The Kier molecular flexibility index (Phi) is 4.57. The average molecular weight is 281 g/mol. The molecule has 3 unspecified atom stereocenters. The lowest BCUT2D eigenvalue weighted by Crippen LogP contribution is -2.55. The van der Waals surface area contributed by atoms with Gasteiger partial charge < -0.3 is 14.6 Å². The molecule has 0 aliphatic heterocycles. The average Bonchev–Trinajstić information content (AvgIpc) is 2.40. The predicted octanol–water partition coefficient (Wildman–Crippen LogP) is 2.21. The van der Waals surface area contributed by atoms with Crippen LogP contribution in [0, 0.1) is 17.0 Å². The highest BCUT2D eigenvalue weighted by Gasteiger charge is 2.43. The monoisotopic (exact) mass is 281 g/mol. The SMILES string of the molecule is CCCOC1C(O)CC1Oc1cccc([N+](=O)[O-])c1C. The third-order valence-electron chi connectivity index (χ3n) is 3.46. The minimum atomic E-state index is -0.523. The molecule has 6 nitrogen and oxygen atoms in total. The van der Waals surface area contributed by atoms with Crippen molar-refractivity contribution in [2.45, 2.75) is 45.0 Å². The van der Waals surface area contributed by atoms with Gasteiger partial charge in [0, 0.05) is 19.1 Å². The molecule has 2 rings (SSSR count). The van der Waals surface area contributed by atoms with E-state index < -0.39 is 11.0 Å². The molecular weight excluding hydrogens is 262 g/mol. The molecule has 3 atom stereocenters. The van der Waals surface area contributed by atoms with Crippen LogP contribution in [0.15, 0.2) is 18.2 Å². The highest BCUT2D eigenvalue weighted by molar-refractivity contribution is 5.48. The molecule has 0 saturated heterocycles. The van der Waals surface area contributed by atoms with Crippen LogP contribution in [0.4, 0.5) is 5.69 Å². The number of nitro benzene ring substituents is 1. The topological polar surface area (TPSA) is 81.8 Å². The summed E-state index contributed by atoms with van der Waals surface area (Å²) < 4.78 is 11.3. The molecule has 0 spiro atoms. The summed E-state index contributed by atoms with van der Waals surface area (Å²) in [6, 6.07) is 4.74. The van der Waals surface area contributed by atoms with E-state index in [-0.39, 0.29) is 17.9 Å². The normalized spacial score (nSPS) is 25.1. The fourth-order valence-corrected chi connectivity index (χ4v) is 2.24. The molecule has 20 heavy (non-hydrogen) atoms. The van der Waals surface area contributed by atoms with Crippen molar-refractivity contribution < 1.29 is 19.5 Å². The molecule has 110 valence electrons. The molecule has 1 aliphatic carbocycles. The molecule has 0 aromatic heterocycles.